The number of aliphatic hydroxyl groups is 1. The van der Waals surface area contributed by atoms with E-state index in [0.717, 1.165) is 24.2 Å². The second-order valence-corrected chi connectivity index (χ2v) is 6.83. The van der Waals surface area contributed by atoms with E-state index in [0.29, 0.717) is 6.42 Å². The van der Waals surface area contributed by atoms with Crippen LogP contribution in [-0.2, 0) is 14.3 Å². The van der Waals surface area contributed by atoms with Gasteiger partial charge in [0.25, 0.3) is 5.91 Å². The molecule has 0 radical (unpaired) electrons. The number of carbonyl (C=O) groups is 3. The standard InChI is InChI=1S/C17H30N2O5/c1-4-5-6-7-8-9-10-14(21)24-12-13(20)11-19-15(22)17(2,3)18-16(19)23/h13,20H,4-12H2,1-3H3,(H,18,23). The zero-order valence-electron chi connectivity index (χ0n) is 15.0. The molecule has 7 heteroatoms. The molecule has 1 aliphatic rings. The van der Waals surface area contributed by atoms with Gasteiger partial charge in [0.1, 0.15) is 18.2 Å². The minimum Gasteiger partial charge on any atom is -0.463 e. The molecule has 1 rings (SSSR count). The third kappa shape index (κ3) is 6.47. The Balaban J connectivity index is 2.19. The average molecular weight is 342 g/mol. The molecule has 1 atom stereocenters. The molecule has 2 N–H and O–H groups in total. The van der Waals surface area contributed by atoms with Gasteiger partial charge in [-0.2, -0.15) is 0 Å². The maximum Gasteiger partial charge on any atom is 0.325 e. The molecule has 0 aromatic carbocycles. The summed E-state index contributed by atoms with van der Waals surface area (Å²) in [5, 5.41) is 12.4. The molecule has 0 spiro atoms. The van der Waals surface area contributed by atoms with Crippen LogP contribution < -0.4 is 5.32 Å². The summed E-state index contributed by atoms with van der Waals surface area (Å²) in [4.78, 5) is 36.2. The predicted octanol–water partition coefficient (Wildman–Crippen LogP) is 1.97. The molecule has 0 bridgehead atoms. The lowest BCUT2D eigenvalue weighted by Gasteiger charge is -2.19. The van der Waals surface area contributed by atoms with Gasteiger partial charge in [0.05, 0.1) is 6.54 Å². The fourth-order valence-electron chi connectivity index (χ4n) is 2.56. The minimum atomic E-state index is -1.08. The van der Waals surface area contributed by atoms with Gasteiger partial charge in [-0.25, -0.2) is 4.79 Å². The third-order valence-electron chi connectivity index (χ3n) is 4.01. The van der Waals surface area contributed by atoms with E-state index in [-0.39, 0.29) is 19.1 Å². The molecule has 7 nitrogen and oxygen atoms in total. The molecule has 1 fully saturated rings. The first-order chi connectivity index (χ1) is 11.3. The van der Waals surface area contributed by atoms with Crippen molar-refractivity contribution in [2.75, 3.05) is 13.2 Å². The fourth-order valence-corrected chi connectivity index (χ4v) is 2.56. The van der Waals surface area contributed by atoms with Crippen molar-refractivity contribution in [3.8, 4) is 0 Å². The lowest BCUT2D eigenvalue weighted by molar-refractivity contribution is -0.147. The number of hydrogen-bond donors (Lipinski definition) is 2. The van der Waals surface area contributed by atoms with Crippen molar-refractivity contribution in [3.63, 3.8) is 0 Å². The number of amides is 3. The monoisotopic (exact) mass is 342 g/mol. The highest BCUT2D eigenvalue weighted by Gasteiger charge is 2.44. The number of rotatable bonds is 11. The Labute approximate surface area is 143 Å². The van der Waals surface area contributed by atoms with Gasteiger partial charge in [-0.05, 0) is 20.3 Å². The molecular weight excluding hydrogens is 312 g/mol. The molecule has 0 aromatic heterocycles. The number of carbonyl (C=O) groups excluding carboxylic acids is 3. The van der Waals surface area contributed by atoms with Gasteiger partial charge < -0.3 is 15.2 Å². The number of nitrogens with one attached hydrogen (secondary N) is 1. The molecule has 1 aliphatic heterocycles. The van der Waals surface area contributed by atoms with Crippen LogP contribution in [0.15, 0.2) is 0 Å². The van der Waals surface area contributed by atoms with Gasteiger partial charge in [0.15, 0.2) is 0 Å². The van der Waals surface area contributed by atoms with Gasteiger partial charge in [-0.15, -0.1) is 0 Å². The summed E-state index contributed by atoms with van der Waals surface area (Å²) < 4.78 is 5.01. The van der Waals surface area contributed by atoms with Crippen LogP contribution in [0.4, 0.5) is 4.79 Å². The summed E-state index contributed by atoms with van der Waals surface area (Å²) in [5.74, 6) is -0.757. The lowest BCUT2D eigenvalue weighted by atomic mass is 10.1. The van der Waals surface area contributed by atoms with Crippen LogP contribution in [0, 0.1) is 0 Å². The molecule has 0 aliphatic carbocycles. The van der Waals surface area contributed by atoms with Crippen LogP contribution >= 0.6 is 0 Å². The zero-order chi connectivity index (χ0) is 18.2. The quantitative estimate of drug-likeness (QED) is 0.340. The van der Waals surface area contributed by atoms with Crippen molar-refractivity contribution < 1.29 is 24.2 Å². The predicted molar refractivity (Wildman–Crippen MR) is 89.3 cm³/mol. The smallest absolute Gasteiger partial charge is 0.325 e. The van der Waals surface area contributed by atoms with E-state index in [1.165, 1.54) is 19.3 Å². The number of esters is 1. The molecule has 24 heavy (non-hydrogen) atoms. The van der Waals surface area contributed by atoms with Crippen LogP contribution in [0.5, 0.6) is 0 Å². The first kappa shape index (κ1) is 20.4. The number of aliphatic hydroxyl groups excluding tert-OH is 1. The molecule has 1 heterocycles. The first-order valence-corrected chi connectivity index (χ1v) is 8.75. The first-order valence-electron chi connectivity index (χ1n) is 8.75. The second-order valence-electron chi connectivity index (χ2n) is 6.83. The summed E-state index contributed by atoms with van der Waals surface area (Å²) in [6, 6.07) is -0.539. The van der Waals surface area contributed by atoms with E-state index in [2.05, 4.69) is 12.2 Å². The van der Waals surface area contributed by atoms with Crippen LogP contribution in [-0.4, -0.2) is 52.7 Å². The maximum atomic E-state index is 12.0. The van der Waals surface area contributed by atoms with E-state index >= 15 is 0 Å². The van der Waals surface area contributed by atoms with Crippen molar-refractivity contribution >= 4 is 17.9 Å². The Bertz CT molecular complexity index is 450. The second kappa shape index (κ2) is 9.61. The normalized spacial score (nSPS) is 17.8. The minimum absolute atomic E-state index is 0.182. The zero-order valence-corrected chi connectivity index (χ0v) is 15.0. The Morgan fingerprint density at radius 3 is 2.42 bits per heavy atom. The molecule has 138 valence electrons. The number of unbranched alkanes of at least 4 members (excludes halogenated alkanes) is 5. The van der Waals surface area contributed by atoms with E-state index in [4.69, 9.17) is 4.74 Å². The number of ether oxygens (including phenoxy) is 1. The fraction of sp³-hybridized carbons (Fsp3) is 0.824. The highest BCUT2D eigenvalue weighted by atomic mass is 16.5. The summed E-state index contributed by atoms with van der Waals surface area (Å²) in [7, 11) is 0. The molecular formula is C17H30N2O5. The van der Waals surface area contributed by atoms with E-state index in [1.807, 2.05) is 0 Å². The van der Waals surface area contributed by atoms with Gasteiger partial charge in [0.2, 0.25) is 0 Å². The number of hydrogen-bond acceptors (Lipinski definition) is 5. The number of nitrogens with zero attached hydrogens (tertiary/aromatic N) is 1. The van der Waals surface area contributed by atoms with Crippen LogP contribution in [0.25, 0.3) is 0 Å². The van der Waals surface area contributed by atoms with Crippen LogP contribution in [0.2, 0.25) is 0 Å². The van der Waals surface area contributed by atoms with Gasteiger partial charge in [0, 0.05) is 6.42 Å². The number of β-amino-alcohol motifs (C(OH)–C–C–N with tert-alkyl or cyclic N) is 1. The van der Waals surface area contributed by atoms with Gasteiger partial charge >= 0.3 is 12.0 Å². The summed E-state index contributed by atoms with van der Waals surface area (Å²) in [5.41, 5.74) is -0.967. The van der Waals surface area contributed by atoms with E-state index in [1.54, 1.807) is 13.8 Å². The Kier molecular flexibility index (Phi) is 8.18. The Hall–Kier alpha value is -1.63. The SMILES string of the molecule is CCCCCCCCC(=O)OCC(O)CN1C(=O)NC(C)(C)C1=O. The van der Waals surface area contributed by atoms with Crippen molar-refractivity contribution in [1.29, 1.82) is 0 Å². The van der Waals surface area contributed by atoms with E-state index < -0.39 is 23.6 Å². The highest BCUT2D eigenvalue weighted by Crippen LogP contribution is 2.16. The summed E-state index contributed by atoms with van der Waals surface area (Å²) >= 11 is 0. The molecule has 3 amide bonds. The number of urea groups is 1. The topological polar surface area (TPSA) is 95.9 Å². The molecule has 0 saturated carbocycles. The Morgan fingerprint density at radius 2 is 1.83 bits per heavy atom. The summed E-state index contributed by atoms with van der Waals surface area (Å²) in [6.07, 6.45) is 5.73. The Morgan fingerprint density at radius 1 is 1.21 bits per heavy atom. The molecule has 0 aromatic rings. The largest absolute Gasteiger partial charge is 0.463 e. The van der Waals surface area contributed by atoms with Crippen molar-refractivity contribution in [2.45, 2.75) is 77.4 Å². The summed E-state index contributed by atoms with van der Waals surface area (Å²) in [6.45, 7) is 4.95. The average Bonchev–Trinajstić information content (AvgIpc) is 2.70. The lowest BCUT2D eigenvalue weighted by Crippen LogP contribution is -2.42. The van der Waals surface area contributed by atoms with Crippen molar-refractivity contribution in [2.24, 2.45) is 0 Å². The van der Waals surface area contributed by atoms with E-state index in [9.17, 15) is 19.5 Å². The van der Waals surface area contributed by atoms with Crippen molar-refractivity contribution in [3.05, 3.63) is 0 Å². The van der Waals surface area contributed by atoms with Crippen molar-refractivity contribution in [1.82, 2.24) is 10.2 Å². The maximum absolute atomic E-state index is 12.0. The van der Waals surface area contributed by atoms with Gasteiger partial charge in [-0.1, -0.05) is 39.0 Å². The van der Waals surface area contributed by atoms with Crippen LogP contribution in [0.3, 0.4) is 0 Å². The molecule has 1 saturated heterocycles. The number of imide groups is 1. The van der Waals surface area contributed by atoms with Crippen LogP contribution in [0.1, 0.15) is 65.7 Å². The highest BCUT2D eigenvalue weighted by molar-refractivity contribution is 6.06. The third-order valence-corrected chi connectivity index (χ3v) is 4.01. The molecule has 1 unspecified atom stereocenters. The van der Waals surface area contributed by atoms with Gasteiger partial charge in [-0.3, -0.25) is 14.5 Å².